The van der Waals surface area contributed by atoms with Gasteiger partial charge in [0.25, 0.3) is 0 Å². The minimum atomic E-state index is -1.11. The van der Waals surface area contributed by atoms with E-state index in [2.05, 4.69) is 92.3 Å². The first-order valence-corrected chi connectivity index (χ1v) is 18.1. The second-order valence-electron chi connectivity index (χ2n) is 12.0. The third kappa shape index (κ3) is 7.89. The Morgan fingerprint density at radius 2 is 1.85 bits per heavy atom. The van der Waals surface area contributed by atoms with Crippen LogP contribution in [0, 0.1) is 0 Å². The van der Waals surface area contributed by atoms with E-state index in [1.807, 2.05) is 0 Å². The number of imidazole rings is 1. The van der Waals surface area contributed by atoms with Crippen molar-refractivity contribution in [1.29, 1.82) is 0 Å². The Morgan fingerprint density at radius 1 is 1.18 bits per heavy atom. The molecule has 1 aromatic carbocycles. The van der Waals surface area contributed by atoms with Crippen molar-refractivity contribution in [1.82, 2.24) is 4.57 Å². The van der Waals surface area contributed by atoms with Gasteiger partial charge in [-0.3, -0.25) is 0 Å². The molecule has 1 atom stereocenters. The van der Waals surface area contributed by atoms with Crippen molar-refractivity contribution >= 4 is 29.0 Å². The molecule has 186 valence electrons. The maximum atomic E-state index is 6.79. The van der Waals surface area contributed by atoms with E-state index >= 15 is 0 Å². The molecule has 3 rings (SSSR count). The average molecular weight is 507 g/mol. The molecule has 0 bridgehead atoms. The van der Waals surface area contributed by atoms with Crippen molar-refractivity contribution < 1.29 is 17.0 Å². The van der Waals surface area contributed by atoms with Crippen LogP contribution in [-0.2, 0) is 19.9 Å². The van der Waals surface area contributed by atoms with E-state index in [1.165, 1.54) is 41.7 Å². The summed E-state index contributed by atoms with van der Waals surface area (Å²) in [6.07, 6.45) is 11.3. The van der Waals surface area contributed by atoms with Crippen LogP contribution in [0.2, 0.25) is 36.8 Å². The van der Waals surface area contributed by atoms with Crippen LogP contribution in [0.15, 0.2) is 30.9 Å². The lowest BCUT2D eigenvalue weighted by Gasteiger charge is -2.24. The number of benzene rings is 1. The number of aromatic nitrogens is 2. The zero-order chi connectivity index (χ0) is 23.5. The van der Waals surface area contributed by atoms with E-state index in [9.17, 15) is 0 Å². The smallest absolute Gasteiger partial charge is 0.243 e. The third-order valence-electron chi connectivity index (χ3n) is 7.48. The molecule has 2 N–H and O–H groups in total. The van der Waals surface area contributed by atoms with Crippen molar-refractivity contribution in [3.8, 4) is 0 Å². The Morgan fingerprint density at radius 3 is 2.42 bits per heavy atom. The topological polar surface area (TPSA) is 38.1 Å². The van der Waals surface area contributed by atoms with Gasteiger partial charge in [0, 0.05) is 41.9 Å². The van der Waals surface area contributed by atoms with Crippen LogP contribution in [0.1, 0.15) is 50.8 Å². The van der Waals surface area contributed by atoms with Gasteiger partial charge >= 0.3 is 0 Å². The second-order valence-corrected chi connectivity index (χ2v) is 20.8. The first-order valence-electron chi connectivity index (χ1n) is 12.7. The summed E-state index contributed by atoms with van der Waals surface area (Å²) in [5.41, 5.74) is 12.1. The highest BCUT2D eigenvalue weighted by Gasteiger charge is 2.28. The summed E-state index contributed by atoms with van der Waals surface area (Å²) in [5.74, 6) is 0. The minimum absolute atomic E-state index is 0. The summed E-state index contributed by atoms with van der Waals surface area (Å²) in [6, 6.07) is 8.06. The van der Waals surface area contributed by atoms with E-state index in [4.69, 9.17) is 5.73 Å². The predicted molar refractivity (Wildman–Crippen MR) is 146 cm³/mol. The van der Waals surface area contributed by atoms with E-state index in [0.717, 1.165) is 31.6 Å². The van der Waals surface area contributed by atoms with Gasteiger partial charge in [-0.05, 0) is 41.1 Å². The van der Waals surface area contributed by atoms with Gasteiger partial charge in [0.1, 0.15) is 18.4 Å². The number of hydrogen-bond donors (Lipinski definition) is 1. The summed E-state index contributed by atoms with van der Waals surface area (Å²) < 4.78 is 4.52. The van der Waals surface area contributed by atoms with E-state index < -0.39 is 8.07 Å². The van der Waals surface area contributed by atoms with E-state index in [1.54, 1.807) is 0 Å². The number of anilines is 2. The molecular weight excluding hydrogens is 460 g/mol. The van der Waals surface area contributed by atoms with Gasteiger partial charge in [0.2, 0.25) is 6.33 Å². The molecule has 2 aromatic rings. The zero-order valence-electron chi connectivity index (χ0n) is 22.1. The van der Waals surface area contributed by atoms with Crippen molar-refractivity contribution in [2.45, 2.75) is 89.3 Å². The number of halogens is 1. The maximum Gasteiger partial charge on any atom is 0.243 e. The number of aryl methyl sites for hydroxylation is 3. The molecule has 7 heteroatoms. The average Bonchev–Trinajstić information content (AvgIpc) is 3.36. The Balaban J connectivity index is 0.00000385. The summed E-state index contributed by atoms with van der Waals surface area (Å²) >= 11 is 0. The Hall–Kier alpha value is -1.25. The van der Waals surface area contributed by atoms with Crippen LogP contribution in [-0.4, -0.2) is 35.3 Å². The molecule has 1 saturated heterocycles. The second kappa shape index (κ2) is 11.5. The highest BCUT2D eigenvalue weighted by atomic mass is 35.5. The molecule has 1 aliphatic heterocycles. The Bertz CT molecular complexity index is 904. The number of nitrogens with zero attached hydrogens (tertiary/aromatic N) is 3. The van der Waals surface area contributed by atoms with Crippen molar-refractivity contribution in [3.63, 3.8) is 0 Å². The van der Waals surface area contributed by atoms with Crippen LogP contribution in [0.5, 0.6) is 0 Å². The first kappa shape index (κ1) is 28.0. The Labute approximate surface area is 212 Å². The summed E-state index contributed by atoms with van der Waals surface area (Å²) in [6.45, 7) is 16.8. The monoisotopic (exact) mass is 506 g/mol. The summed E-state index contributed by atoms with van der Waals surface area (Å²) in [5, 5.41) is 0.558. The van der Waals surface area contributed by atoms with E-state index in [-0.39, 0.29) is 21.9 Å². The molecule has 1 aliphatic rings. The van der Waals surface area contributed by atoms with Crippen LogP contribution in [0.3, 0.4) is 0 Å². The highest BCUT2D eigenvalue weighted by Crippen LogP contribution is 2.34. The molecule has 0 saturated carbocycles. The number of nitrogen functional groups attached to an aromatic ring is 1. The van der Waals surface area contributed by atoms with Gasteiger partial charge in [-0.25, -0.2) is 9.13 Å². The molecule has 1 aromatic heterocycles. The van der Waals surface area contributed by atoms with Crippen LogP contribution in [0.25, 0.3) is 0 Å². The molecular formula is C26H47ClN4Si2. The lowest BCUT2D eigenvalue weighted by molar-refractivity contribution is -0.671. The van der Waals surface area contributed by atoms with Gasteiger partial charge < -0.3 is 23.0 Å². The SMILES string of the molecule is CCC(C)(C)[SiH2]CCc1cc(N2CCC(n3cc[n+](C)c3)C2)cc(CC[Si](C)(C)C)c1N.[Cl-]. The van der Waals surface area contributed by atoms with Gasteiger partial charge in [-0.15, -0.1) is 0 Å². The molecule has 0 amide bonds. The van der Waals surface area contributed by atoms with Crippen molar-refractivity contribution in [3.05, 3.63) is 42.0 Å². The fourth-order valence-electron chi connectivity index (χ4n) is 4.71. The van der Waals surface area contributed by atoms with Crippen molar-refractivity contribution in [2.24, 2.45) is 7.05 Å². The van der Waals surface area contributed by atoms with Gasteiger partial charge in [-0.1, -0.05) is 58.9 Å². The normalized spacial score (nSPS) is 17.2. The largest absolute Gasteiger partial charge is 1.00 e. The predicted octanol–water partition coefficient (Wildman–Crippen LogP) is 1.97. The molecule has 0 aliphatic carbocycles. The van der Waals surface area contributed by atoms with Gasteiger partial charge in [-0.2, -0.15) is 0 Å². The minimum Gasteiger partial charge on any atom is -1.00 e. The lowest BCUT2D eigenvalue weighted by Crippen LogP contribution is -3.00. The lowest BCUT2D eigenvalue weighted by atomic mass is 10.0. The maximum absolute atomic E-state index is 6.79. The third-order valence-corrected chi connectivity index (χ3v) is 11.8. The molecule has 1 fully saturated rings. The highest BCUT2D eigenvalue weighted by molar-refractivity contribution is 6.76. The standard InChI is InChI=1S/C26H47N4Si2.ClH/c1-8-26(2,3)31-15-10-21-17-24(18-22(25(21)27)11-16-32(5,6)7)29-12-9-23(19-29)30-14-13-28(4)20-30;/h13-14,17-18,20,23H,8-12,15-16,19,27,31H2,1-7H3;1H/q+1;/p-1. The van der Waals surface area contributed by atoms with E-state index in [0.29, 0.717) is 11.1 Å². The Kier molecular flexibility index (Phi) is 9.72. The number of nitrogens with two attached hydrogens (primary N) is 1. The first-order chi connectivity index (χ1) is 15.0. The van der Waals surface area contributed by atoms with Crippen LogP contribution >= 0.6 is 0 Å². The molecule has 0 spiro atoms. The molecule has 1 unspecified atom stereocenters. The van der Waals surface area contributed by atoms with Gasteiger partial charge in [0.15, 0.2) is 0 Å². The van der Waals surface area contributed by atoms with Crippen LogP contribution < -0.4 is 27.6 Å². The van der Waals surface area contributed by atoms with Gasteiger partial charge in [0.05, 0.1) is 13.6 Å². The number of rotatable bonds is 10. The fourth-order valence-corrected chi connectivity index (χ4v) is 7.59. The van der Waals surface area contributed by atoms with Crippen LogP contribution in [0.4, 0.5) is 11.4 Å². The summed E-state index contributed by atoms with van der Waals surface area (Å²) in [7, 11) is 0.890. The molecule has 2 heterocycles. The van der Waals surface area contributed by atoms with Crippen molar-refractivity contribution in [2.75, 3.05) is 23.7 Å². The quantitative estimate of drug-likeness (QED) is 0.304. The summed E-state index contributed by atoms with van der Waals surface area (Å²) in [4.78, 5) is 2.60. The fraction of sp³-hybridized carbons (Fsp3) is 0.654. The molecule has 0 radical (unpaired) electrons. The zero-order valence-corrected chi connectivity index (χ0v) is 25.3. The molecule has 4 nitrogen and oxygen atoms in total. The number of hydrogen-bond acceptors (Lipinski definition) is 2. The molecule has 33 heavy (non-hydrogen) atoms.